The van der Waals surface area contributed by atoms with Crippen molar-refractivity contribution >= 4 is 5.96 Å². The second-order valence-corrected chi connectivity index (χ2v) is 7.58. The molecule has 0 aliphatic carbocycles. The molecular weight excluding hydrogens is 350 g/mol. The minimum Gasteiger partial charge on any atom is -0.493 e. The van der Waals surface area contributed by atoms with E-state index >= 15 is 0 Å². The summed E-state index contributed by atoms with van der Waals surface area (Å²) in [5.41, 5.74) is 2.35. The summed E-state index contributed by atoms with van der Waals surface area (Å²) in [6, 6.07) is 6.36. The van der Waals surface area contributed by atoms with E-state index in [2.05, 4.69) is 66.5 Å². The van der Waals surface area contributed by atoms with Crippen LogP contribution in [0.5, 0.6) is 5.75 Å². The highest BCUT2D eigenvalue weighted by molar-refractivity contribution is 5.79. The molecule has 0 spiro atoms. The molecule has 1 heterocycles. The van der Waals surface area contributed by atoms with Crippen molar-refractivity contribution in [2.45, 2.75) is 40.2 Å². The van der Waals surface area contributed by atoms with Crippen LogP contribution >= 0.6 is 0 Å². The molecule has 0 aromatic heterocycles. The van der Waals surface area contributed by atoms with E-state index in [1.165, 1.54) is 25.1 Å². The molecule has 1 fully saturated rings. The van der Waals surface area contributed by atoms with Gasteiger partial charge in [-0.25, -0.2) is 4.99 Å². The average molecular weight is 390 g/mol. The highest BCUT2D eigenvalue weighted by atomic mass is 16.5. The average Bonchev–Trinajstić information content (AvgIpc) is 2.89. The zero-order valence-electron chi connectivity index (χ0n) is 18.3. The molecule has 0 unspecified atom stereocenters. The lowest BCUT2D eigenvalue weighted by atomic mass is 10.1. The SMILES string of the molecule is CCCOc1cc(C)ccc1CN=C(NCC)NCCN1CCCN(C)CC1. The minimum atomic E-state index is 0.614. The maximum absolute atomic E-state index is 5.92. The van der Waals surface area contributed by atoms with Crippen LogP contribution in [0.2, 0.25) is 0 Å². The van der Waals surface area contributed by atoms with Crippen LogP contribution in [0, 0.1) is 6.92 Å². The number of nitrogens with one attached hydrogen (secondary N) is 2. The lowest BCUT2D eigenvalue weighted by Crippen LogP contribution is -2.42. The molecule has 1 aromatic carbocycles. The summed E-state index contributed by atoms with van der Waals surface area (Å²) < 4.78 is 5.92. The molecule has 0 atom stereocenters. The van der Waals surface area contributed by atoms with E-state index in [1.54, 1.807) is 0 Å². The molecule has 1 aromatic rings. The summed E-state index contributed by atoms with van der Waals surface area (Å²) in [4.78, 5) is 9.74. The summed E-state index contributed by atoms with van der Waals surface area (Å²) in [7, 11) is 2.21. The number of ether oxygens (including phenoxy) is 1. The quantitative estimate of drug-likeness (QED) is 0.502. The third-order valence-corrected chi connectivity index (χ3v) is 4.97. The Morgan fingerprint density at radius 2 is 2.00 bits per heavy atom. The van der Waals surface area contributed by atoms with E-state index in [0.29, 0.717) is 6.54 Å². The summed E-state index contributed by atoms with van der Waals surface area (Å²) in [5.74, 6) is 1.83. The highest BCUT2D eigenvalue weighted by Gasteiger charge is 2.11. The molecule has 0 radical (unpaired) electrons. The normalized spacial score (nSPS) is 16.6. The molecule has 28 heavy (non-hydrogen) atoms. The fourth-order valence-electron chi connectivity index (χ4n) is 3.30. The number of hydrogen-bond donors (Lipinski definition) is 2. The second kappa shape index (κ2) is 12.6. The van der Waals surface area contributed by atoms with Gasteiger partial charge in [-0.05, 0) is 58.5 Å². The van der Waals surface area contributed by atoms with Crippen LogP contribution in [0.25, 0.3) is 0 Å². The van der Waals surface area contributed by atoms with Gasteiger partial charge in [-0.1, -0.05) is 19.1 Å². The van der Waals surface area contributed by atoms with Crippen LogP contribution in [-0.2, 0) is 6.54 Å². The van der Waals surface area contributed by atoms with Crippen molar-refractivity contribution in [3.05, 3.63) is 29.3 Å². The van der Waals surface area contributed by atoms with Crippen LogP contribution in [0.1, 0.15) is 37.8 Å². The Hall–Kier alpha value is -1.79. The first-order valence-electron chi connectivity index (χ1n) is 10.8. The van der Waals surface area contributed by atoms with Gasteiger partial charge in [0.1, 0.15) is 5.75 Å². The minimum absolute atomic E-state index is 0.614. The number of benzene rings is 1. The van der Waals surface area contributed by atoms with Crippen LogP contribution in [0.3, 0.4) is 0 Å². The van der Waals surface area contributed by atoms with Crippen molar-refractivity contribution in [1.29, 1.82) is 0 Å². The van der Waals surface area contributed by atoms with Gasteiger partial charge in [-0.15, -0.1) is 0 Å². The topological polar surface area (TPSA) is 52.1 Å². The Morgan fingerprint density at radius 3 is 2.79 bits per heavy atom. The fourth-order valence-corrected chi connectivity index (χ4v) is 3.30. The number of hydrogen-bond acceptors (Lipinski definition) is 4. The van der Waals surface area contributed by atoms with E-state index < -0.39 is 0 Å². The standard InChI is InChI=1S/C22H39N5O/c1-5-16-28-21-17-19(3)8-9-20(21)18-25-22(23-6-2)24-10-13-27-12-7-11-26(4)14-15-27/h8-9,17H,5-7,10-16,18H2,1-4H3,(H2,23,24,25). The van der Waals surface area contributed by atoms with Gasteiger partial charge >= 0.3 is 0 Å². The Bertz CT molecular complexity index is 605. The Labute approximate surface area is 171 Å². The van der Waals surface area contributed by atoms with Gasteiger partial charge in [0.25, 0.3) is 0 Å². The van der Waals surface area contributed by atoms with Crippen molar-refractivity contribution in [3.8, 4) is 5.75 Å². The predicted octanol–water partition coefficient (Wildman–Crippen LogP) is 2.48. The molecule has 1 aliphatic rings. The van der Waals surface area contributed by atoms with E-state index in [0.717, 1.165) is 63.0 Å². The third kappa shape index (κ3) is 8.07. The molecule has 158 valence electrons. The second-order valence-electron chi connectivity index (χ2n) is 7.58. The molecule has 2 N–H and O–H groups in total. The van der Waals surface area contributed by atoms with Gasteiger partial charge in [0.2, 0.25) is 0 Å². The maximum Gasteiger partial charge on any atom is 0.191 e. The first kappa shape index (κ1) is 22.5. The zero-order chi connectivity index (χ0) is 20.2. The summed E-state index contributed by atoms with van der Waals surface area (Å²) in [6.45, 7) is 15.2. The zero-order valence-corrected chi connectivity index (χ0v) is 18.3. The first-order valence-corrected chi connectivity index (χ1v) is 10.8. The Morgan fingerprint density at radius 1 is 1.14 bits per heavy atom. The lowest BCUT2D eigenvalue weighted by molar-refractivity contribution is 0.280. The number of rotatable bonds is 9. The number of aryl methyl sites for hydroxylation is 1. The molecule has 1 saturated heterocycles. The molecule has 0 saturated carbocycles. The van der Waals surface area contributed by atoms with E-state index in [-0.39, 0.29) is 0 Å². The van der Waals surface area contributed by atoms with Gasteiger partial charge in [-0.3, -0.25) is 0 Å². The van der Waals surface area contributed by atoms with Crippen LogP contribution < -0.4 is 15.4 Å². The smallest absolute Gasteiger partial charge is 0.191 e. The maximum atomic E-state index is 5.92. The first-order chi connectivity index (χ1) is 13.6. The molecule has 0 amide bonds. The van der Waals surface area contributed by atoms with Crippen LogP contribution in [0.15, 0.2) is 23.2 Å². The third-order valence-electron chi connectivity index (χ3n) is 4.97. The number of nitrogens with zero attached hydrogens (tertiary/aromatic N) is 3. The van der Waals surface area contributed by atoms with Crippen molar-refractivity contribution in [3.63, 3.8) is 0 Å². The van der Waals surface area contributed by atoms with Crippen LogP contribution in [-0.4, -0.2) is 75.2 Å². The van der Waals surface area contributed by atoms with E-state index in [4.69, 9.17) is 9.73 Å². The number of guanidine groups is 1. The molecule has 2 rings (SSSR count). The van der Waals surface area contributed by atoms with E-state index in [9.17, 15) is 0 Å². The summed E-state index contributed by atoms with van der Waals surface area (Å²) >= 11 is 0. The largest absolute Gasteiger partial charge is 0.493 e. The number of aliphatic imine (C=N–C) groups is 1. The molecule has 0 bridgehead atoms. The van der Waals surface area contributed by atoms with Gasteiger partial charge < -0.3 is 25.2 Å². The van der Waals surface area contributed by atoms with Crippen molar-refractivity contribution in [2.75, 3.05) is 59.5 Å². The fraction of sp³-hybridized carbons (Fsp3) is 0.682. The predicted molar refractivity (Wildman–Crippen MR) is 118 cm³/mol. The molecule has 6 nitrogen and oxygen atoms in total. The Kier molecular flexibility index (Phi) is 10.1. The van der Waals surface area contributed by atoms with Crippen molar-refractivity contribution < 1.29 is 4.74 Å². The van der Waals surface area contributed by atoms with Gasteiger partial charge in [0, 0.05) is 38.3 Å². The number of likely N-dealkylation sites (N-methyl/N-ethyl adjacent to an activating group) is 1. The van der Waals surface area contributed by atoms with E-state index in [1.807, 2.05) is 0 Å². The molecule has 6 heteroatoms. The highest BCUT2D eigenvalue weighted by Crippen LogP contribution is 2.21. The van der Waals surface area contributed by atoms with Gasteiger partial charge in [-0.2, -0.15) is 0 Å². The molecular formula is C22H39N5O. The van der Waals surface area contributed by atoms with Crippen LogP contribution in [0.4, 0.5) is 0 Å². The summed E-state index contributed by atoms with van der Waals surface area (Å²) in [6.07, 6.45) is 2.26. The lowest BCUT2D eigenvalue weighted by Gasteiger charge is -2.21. The van der Waals surface area contributed by atoms with Gasteiger partial charge in [0.15, 0.2) is 5.96 Å². The van der Waals surface area contributed by atoms with Crippen molar-refractivity contribution in [1.82, 2.24) is 20.4 Å². The summed E-state index contributed by atoms with van der Waals surface area (Å²) in [5, 5.41) is 6.84. The monoisotopic (exact) mass is 389 g/mol. The van der Waals surface area contributed by atoms with Gasteiger partial charge in [0.05, 0.1) is 13.2 Å². The van der Waals surface area contributed by atoms with Crippen molar-refractivity contribution in [2.24, 2.45) is 4.99 Å². The Balaban J connectivity index is 1.89. The molecule has 1 aliphatic heterocycles.